The van der Waals surface area contributed by atoms with Crippen LogP contribution >= 0.6 is 0 Å². The molecule has 1 aromatic carbocycles. The van der Waals surface area contributed by atoms with E-state index in [0.717, 1.165) is 4.90 Å². The number of hydrogen-bond donors (Lipinski definition) is 2. The van der Waals surface area contributed by atoms with Gasteiger partial charge in [0.15, 0.2) is 6.10 Å². The van der Waals surface area contributed by atoms with Crippen molar-refractivity contribution in [2.75, 3.05) is 7.11 Å². The van der Waals surface area contributed by atoms with E-state index in [-0.39, 0.29) is 24.2 Å². The fraction of sp³-hybridized carbons (Fsp3) is 0.514. The Morgan fingerprint density at radius 2 is 1.70 bits per heavy atom. The number of cyclic esters (lactones) is 1. The summed E-state index contributed by atoms with van der Waals surface area (Å²) in [6, 6.07) is 9.26. The van der Waals surface area contributed by atoms with Crippen molar-refractivity contribution in [1.29, 1.82) is 0 Å². The largest absolute Gasteiger partial charge is 0.458 e. The third-order valence-electron chi connectivity index (χ3n) is 10.4. The molecule has 1 aliphatic carbocycles. The number of methoxy groups -OCH3 is 1. The lowest BCUT2D eigenvalue weighted by atomic mass is 9.65. The van der Waals surface area contributed by atoms with Gasteiger partial charge in [0.1, 0.15) is 17.9 Å². The van der Waals surface area contributed by atoms with E-state index in [1.54, 1.807) is 49.5 Å². The maximum Gasteiger partial charge on any atom is 0.355 e. The van der Waals surface area contributed by atoms with Gasteiger partial charge in [0.25, 0.3) is 11.8 Å². The molecule has 2 N–H and O–H groups in total. The lowest BCUT2D eigenvalue weighted by molar-refractivity contribution is -0.168. The lowest BCUT2D eigenvalue weighted by Gasteiger charge is -2.45. The highest BCUT2D eigenvalue weighted by Gasteiger charge is 2.49. The van der Waals surface area contributed by atoms with E-state index in [2.05, 4.69) is 11.1 Å². The van der Waals surface area contributed by atoms with Gasteiger partial charge in [-0.15, -0.1) is 0 Å². The molecule has 0 fully saturated rings. The number of aromatic nitrogens is 1. The van der Waals surface area contributed by atoms with Gasteiger partial charge >= 0.3 is 11.9 Å². The van der Waals surface area contributed by atoms with Crippen LogP contribution in [0.2, 0.25) is 0 Å². The number of aromatic amines is 1. The average molecular weight is 647 g/mol. The Bertz CT molecular complexity index is 1530. The molecule has 2 aromatic rings. The Labute approximate surface area is 276 Å². The first kappa shape index (κ1) is 34.3. The zero-order valence-corrected chi connectivity index (χ0v) is 28.1. The summed E-state index contributed by atoms with van der Waals surface area (Å²) >= 11 is 0. The van der Waals surface area contributed by atoms with Crippen LogP contribution in [0.3, 0.4) is 0 Å². The van der Waals surface area contributed by atoms with Crippen LogP contribution in [-0.2, 0) is 19.0 Å². The maximum absolute atomic E-state index is 13.6. The van der Waals surface area contributed by atoms with Crippen molar-refractivity contribution in [2.45, 2.75) is 84.3 Å². The Morgan fingerprint density at radius 1 is 1.04 bits per heavy atom. The summed E-state index contributed by atoms with van der Waals surface area (Å²) in [5, 5.41) is 12.6. The number of aliphatic hydroxyl groups is 1. The first-order valence-electron chi connectivity index (χ1n) is 16.4. The Morgan fingerprint density at radius 3 is 2.28 bits per heavy atom. The zero-order chi connectivity index (χ0) is 34.2. The molecule has 2 amide bonds. The summed E-state index contributed by atoms with van der Waals surface area (Å²) in [4.78, 5) is 57.3. The molecule has 0 unspecified atom stereocenters. The molecule has 0 bridgehead atoms. The van der Waals surface area contributed by atoms with E-state index in [4.69, 9.17) is 14.2 Å². The summed E-state index contributed by atoms with van der Waals surface area (Å²) in [7, 11) is 1.43. The molecule has 0 radical (unpaired) electrons. The van der Waals surface area contributed by atoms with E-state index < -0.39 is 65.5 Å². The van der Waals surface area contributed by atoms with Gasteiger partial charge in [-0.05, 0) is 74.3 Å². The smallest absolute Gasteiger partial charge is 0.355 e. The molecule has 47 heavy (non-hydrogen) atoms. The topological polar surface area (TPSA) is 135 Å². The van der Waals surface area contributed by atoms with Gasteiger partial charge in [0, 0.05) is 25.1 Å². The molecule has 0 saturated carbocycles. The molecule has 10 nitrogen and oxygen atoms in total. The van der Waals surface area contributed by atoms with Gasteiger partial charge in [-0.1, -0.05) is 58.1 Å². The van der Waals surface area contributed by atoms with Gasteiger partial charge in [0.05, 0.1) is 22.8 Å². The number of rotatable bonds is 8. The molecule has 252 valence electrons. The average Bonchev–Trinajstić information content (AvgIpc) is 3.67. The van der Waals surface area contributed by atoms with Gasteiger partial charge < -0.3 is 24.3 Å². The maximum atomic E-state index is 13.6. The quantitative estimate of drug-likeness (QED) is 0.223. The van der Waals surface area contributed by atoms with E-state index in [1.807, 2.05) is 46.8 Å². The molecular weight excluding hydrogens is 600 g/mol. The zero-order valence-electron chi connectivity index (χ0n) is 28.1. The molecule has 0 spiro atoms. The van der Waals surface area contributed by atoms with Crippen LogP contribution in [0.15, 0.2) is 66.4 Å². The number of carbonyl (C=O) groups is 4. The number of fused-ring (bicyclic) bond motifs is 2. The highest BCUT2D eigenvalue weighted by atomic mass is 16.6. The second-order valence-electron chi connectivity index (χ2n) is 13.7. The number of esters is 2. The first-order valence-corrected chi connectivity index (χ1v) is 16.4. The molecule has 9 atom stereocenters. The number of hydrogen-bond acceptors (Lipinski definition) is 8. The van der Waals surface area contributed by atoms with Crippen molar-refractivity contribution in [1.82, 2.24) is 9.88 Å². The van der Waals surface area contributed by atoms with Crippen molar-refractivity contribution in [3.05, 3.63) is 83.2 Å². The minimum atomic E-state index is -1.36. The number of benzene rings is 1. The summed E-state index contributed by atoms with van der Waals surface area (Å²) in [6.07, 6.45) is 5.73. The van der Waals surface area contributed by atoms with Crippen LogP contribution in [0.25, 0.3) is 0 Å². The second-order valence-corrected chi connectivity index (χ2v) is 13.7. The third kappa shape index (κ3) is 6.45. The van der Waals surface area contributed by atoms with Crippen LogP contribution in [0.5, 0.6) is 0 Å². The van der Waals surface area contributed by atoms with Crippen molar-refractivity contribution in [3.63, 3.8) is 0 Å². The summed E-state index contributed by atoms with van der Waals surface area (Å²) in [5.41, 5.74) is 0.338. The predicted octanol–water partition coefficient (Wildman–Crippen LogP) is 5.35. The molecule has 0 saturated heterocycles. The van der Waals surface area contributed by atoms with E-state index in [0.29, 0.717) is 28.8 Å². The SMILES string of the molecule is CO[C@H]1C[C@H]2C=C[C@@H]([C@@H](C)[C@H](OC(=O)c3ccc[nH]3)C(C)C)C[C@]2(O)/C(C)=C/[C@@H](C)[C@@H]([C@H](C)N2C(=O)c3ccccc3C2=O)OC1=O. The van der Waals surface area contributed by atoms with Crippen LogP contribution in [0.1, 0.15) is 85.6 Å². The van der Waals surface area contributed by atoms with Crippen molar-refractivity contribution in [2.24, 2.45) is 29.6 Å². The highest BCUT2D eigenvalue weighted by Crippen LogP contribution is 2.45. The van der Waals surface area contributed by atoms with Crippen LogP contribution < -0.4 is 0 Å². The van der Waals surface area contributed by atoms with Crippen LogP contribution in [0.4, 0.5) is 0 Å². The fourth-order valence-electron chi connectivity index (χ4n) is 7.57. The number of carbonyl (C=O) groups excluding carboxylic acids is 4. The highest BCUT2D eigenvalue weighted by molar-refractivity contribution is 6.21. The molecule has 1 aromatic heterocycles. The Kier molecular flexibility index (Phi) is 9.94. The first-order chi connectivity index (χ1) is 22.3. The second kappa shape index (κ2) is 13.6. The minimum absolute atomic E-state index is 0.0161. The Balaban J connectivity index is 1.45. The molecular formula is C37H46N2O8. The fourth-order valence-corrected chi connectivity index (χ4v) is 7.57. The monoisotopic (exact) mass is 646 g/mol. The van der Waals surface area contributed by atoms with E-state index in [9.17, 15) is 24.3 Å². The summed E-state index contributed by atoms with van der Waals surface area (Å²) in [6.45, 7) is 11.5. The van der Waals surface area contributed by atoms with Gasteiger partial charge in [-0.2, -0.15) is 0 Å². The molecule has 10 heteroatoms. The molecule has 3 heterocycles. The van der Waals surface area contributed by atoms with Crippen LogP contribution in [0, 0.1) is 29.6 Å². The van der Waals surface area contributed by atoms with Crippen molar-refractivity contribution in [3.8, 4) is 0 Å². The van der Waals surface area contributed by atoms with Crippen LogP contribution in [-0.4, -0.2) is 75.8 Å². The van der Waals surface area contributed by atoms with Crippen molar-refractivity contribution >= 4 is 23.8 Å². The lowest BCUT2D eigenvalue weighted by Crippen LogP contribution is -2.52. The summed E-state index contributed by atoms with van der Waals surface area (Å²) in [5.74, 6) is -3.14. The van der Waals surface area contributed by atoms with Gasteiger partial charge in [-0.25, -0.2) is 9.59 Å². The number of imide groups is 1. The third-order valence-corrected chi connectivity index (χ3v) is 10.4. The van der Waals surface area contributed by atoms with Crippen molar-refractivity contribution < 1.29 is 38.5 Å². The van der Waals surface area contributed by atoms with E-state index >= 15 is 0 Å². The number of amides is 2. The number of allylic oxidation sites excluding steroid dienone is 1. The minimum Gasteiger partial charge on any atom is -0.458 e. The van der Waals surface area contributed by atoms with Gasteiger partial charge in [-0.3, -0.25) is 14.5 Å². The Hall–Kier alpha value is -4.02. The van der Waals surface area contributed by atoms with E-state index in [1.165, 1.54) is 7.11 Å². The number of nitrogens with zero attached hydrogens (tertiary/aromatic N) is 1. The molecule has 5 rings (SSSR count). The number of nitrogens with one attached hydrogen (secondary N) is 1. The molecule has 3 aliphatic rings. The number of ether oxygens (including phenoxy) is 3. The summed E-state index contributed by atoms with van der Waals surface area (Å²) < 4.78 is 17.7. The number of H-pyrrole nitrogens is 1. The molecule has 2 aliphatic heterocycles. The normalized spacial score (nSPS) is 30.9. The van der Waals surface area contributed by atoms with Gasteiger partial charge in [0.2, 0.25) is 0 Å². The predicted molar refractivity (Wildman–Crippen MR) is 174 cm³/mol. The standard InChI is InChI=1S/C37H46N2O8/c1-20(2)31(46-35(42)29-13-10-16-38-29)23(5)25-14-15-26-18-30(45-7)36(43)47-32(21(3)17-22(4)37(26,44)19-25)24(6)39-33(40)27-11-8-9-12-28(27)34(39)41/h8-17,20-21,23-26,30-32,38,44H,18-19H2,1-7H3/b22-17+/t21-,23-,24+,25-,26-,30+,31-,32+,37+/m1/s1.